The molecule has 0 fully saturated rings. The summed E-state index contributed by atoms with van der Waals surface area (Å²) < 4.78 is 18.1. The number of benzene rings is 2. The minimum Gasteiger partial charge on any atom is -0.410 e. The zero-order valence-electron chi connectivity index (χ0n) is 9.81. The molecule has 0 heterocycles. The van der Waals surface area contributed by atoms with Gasteiger partial charge < -0.3 is 4.74 Å². The van der Waals surface area contributed by atoms with Crippen molar-refractivity contribution in [3.63, 3.8) is 0 Å². The number of amides is 1. The predicted molar refractivity (Wildman–Crippen MR) is 67.2 cm³/mol. The van der Waals surface area contributed by atoms with E-state index in [1.165, 1.54) is 12.1 Å². The minimum absolute atomic E-state index is 0.308. The van der Waals surface area contributed by atoms with Gasteiger partial charge in [0.25, 0.3) is 0 Å². The van der Waals surface area contributed by atoms with Gasteiger partial charge in [-0.05, 0) is 42.8 Å². The fraction of sp³-hybridized carbons (Fsp3) is 0.0714. The SMILES string of the molecule is Cc1cc(NC(=O)Oc2ccccc2)ccc1F. The monoisotopic (exact) mass is 245 g/mol. The predicted octanol–water partition coefficient (Wildman–Crippen LogP) is 3.75. The second-order valence-electron chi connectivity index (χ2n) is 3.79. The first-order valence-corrected chi connectivity index (χ1v) is 5.45. The molecule has 0 saturated heterocycles. The second-order valence-corrected chi connectivity index (χ2v) is 3.79. The van der Waals surface area contributed by atoms with Crippen LogP contribution in [0.4, 0.5) is 14.9 Å². The van der Waals surface area contributed by atoms with Gasteiger partial charge in [0.05, 0.1) is 0 Å². The highest BCUT2D eigenvalue weighted by atomic mass is 19.1. The van der Waals surface area contributed by atoms with Gasteiger partial charge in [-0.2, -0.15) is 0 Å². The van der Waals surface area contributed by atoms with E-state index in [1.54, 1.807) is 37.3 Å². The first-order valence-electron chi connectivity index (χ1n) is 5.45. The van der Waals surface area contributed by atoms with Crippen LogP contribution in [0.2, 0.25) is 0 Å². The maximum absolute atomic E-state index is 13.0. The number of ether oxygens (including phenoxy) is 1. The Bertz CT molecular complexity index is 555. The molecule has 1 amide bonds. The number of hydrogen-bond donors (Lipinski definition) is 1. The maximum Gasteiger partial charge on any atom is 0.417 e. The molecule has 0 unspecified atom stereocenters. The van der Waals surface area contributed by atoms with Crippen molar-refractivity contribution in [2.24, 2.45) is 0 Å². The molecule has 92 valence electrons. The van der Waals surface area contributed by atoms with E-state index in [4.69, 9.17) is 4.74 Å². The molecular formula is C14H12FNO2. The molecule has 18 heavy (non-hydrogen) atoms. The molecule has 2 aromatic rings. The number of anilines is 1. The zero-order valence-corrected chi connectivity index (χ0v) is 9.81. The Hall–Kier alpha value is -2.36. The van der Waals surface area contributed by atoms with E-state index < -0.39 is 6.09 Å². The molecule has 0 spiro atoms. The summed E-state index contributed by atoms with van der Waals surface area (Å²) >= 11 is 0. The van der Waals surface area contributed by atoms with Crippen molar-refractivity contribution in [2.75, 3.05) is 5.32 Å². The van der Waals surface area contributed by atoms with Crippen molar-refractivity contribution in [2.45, 2.75) is 6.92 Å². The Balaban J connectivity index is 2.01. The van der Waals surface area contributed by atoms with Gasteiger partial charge in [0.1, 0.15) is 11.6 Å². The average molecular weight is 245 g/mol. The van der Waals surface area contributed by atoms with Gasteiger partial charge in [-0.1, -0.05) is 18.2 Å². The highest BCUT2D eigenvalue weighted by Gasteiger charge is 2.06. The Morgan fingerprint density at radius 3 is 2.56 bits per heavy atom. The normalized spacial score (nSPS) is 9.89. The van der Waals surface area contributed by atoms with Crippen molar-refractivity contribution in [3.8, 4) is 5.75 Å². The third-order valence-electron chi connectivity index (χ3n) is 2.36. The van der Waals surface area contributed by atoms with E-state index in [0.717, 1.165) is 0 Å². The molecule has 0 aliphatic heterocycles. The number of halogens is 1. The van der Waals surface area contributed by atoms with E-state index in [9.17, 15) is 9.18 Å². The molecular weight excluding hydrogens is 233 g/mol. The summed E-state index contributed by atoms with van der Waals surface area (Å²) in [5, 5.41) is 2.53. The summed E-state index contributed by atoms with van der Waals surface area (Å²) in [5.41, 5.74) is 0.961. The molecule has 2 aromatic carbocycles. The Morgan fingerprint density at radius 2 is 1.89 bits per heavy atom. The van der Waals surface area contributed by atoms with Crippen LogP contribution in [0.1, 0.15) is 5.56 Å². The Labute approximate surface area is 104 Å². The lowest BCUT2D eigenvalue weighted by atomic mass is 10.2. The molecule has 0 aliphatic carbocycles. The van der Waals surface area contributed by atoms with Crippen molar-refractivity contribution in [1.82, 2.24) is 0 Å². The molecule has 1 N–H and O–H groups in total. The molecule has 4 heteroatoms. The summed E-state index contributed by atoms with van der Waals surface area (Å²) in [6.07, 6.45) is -0.604. The van der Waals surface area contributed by atoms with E-state index in [0.29, 0.717) is 17.0 Å². The number of carbonyl (C=O) groups is 1. The maximum atomic E-state index is 13.0. The lowest BCUT2D eigenvalue weighted by Crippen LogP contribution is -2.16. The van der Waals surface area contributed by atoms with E-state index in [1.807, 2.05) is 6.07 Å². The van der Waals surface area contributed by atoms with Gasteiger partial charge in [-0.3, -0.25) is 5.32 Å². The standard InChI is InChI=1S/C14H12FNO2/c1-10-9-11(7-8-13(10)15)16-14(17)18-12-5-3-2-4-6-12/h2-9H,1H3,(H,16,17). The van der Waals surface area contributed by atoms with Crippen molar-refractivity contribution >= 4 is 11.8 Å². The zero-order chi connectivity index (χ0) is 13.0. The molecule has 2 rings (SSSR count). The summed E-state index contributed by atoms with van der Waals surface area (Å²) in [6.45, 7) is 1.63. The summed E-state index contributed by atoms with van der Waals surface area (Å²) in [5.74, 6) is 0.144. The van der Waals surface area contributed by atoms with Crippen LogP contribution >= 0.6 is 0 Å². The van der Waals surface area contributed by atoms with E-state index in [-0.39, 0.29) is 5.82 Å². The third kappa shape index (κ3) is 3.07. The molecule has 3 nitrogen and oxygen atoms in total. The summed E-state index contributed by atoms with van der Waals surface area (Å²) in [6, 6.07) is 13.0. The number of carbonyl (C=O) groups excluding carboxylic acids is 1. The topological polar surface area (TPSA) is 38.3 Å². The lowest BCUT2D eigenvalue weighted by Gasteiger charge is -2.07. The van der Waals surface area contributed by atoms with Crippen LogP contribution in [0.15, 0.2) is 48.5 Å². The van der Waals surface area contributed by atoms with Gasteiger partial charge >= 0.3 is 6.09 Å². The number of rotatable bonds is 2. The second kappa shape index (κ2) is 5.31. The smallest absolute Gasteiger partial charge is 0.410 e. The fourth-order valence-corrected chi connectivity index (χ4v) is 1.46. The number of nitrogens with one attached hydrogen (secondary N) is 1. The number of para-hydroxylation sites is 1. The first-order chi connectivity index (χ1) is 8.65. The molecule has 0 radical (unpaired) electrons. The van der Waals surface area contributed by atoms with Crippen LogP contribution in [0.25, 0.3) is 0 Å². The van der Waals surface area contributed by atoms with E-state index >= 15 is 0 Å². The van der Waals surface area contributed by atoms with Crippen LogP contribution in [-0.4, -0.2) is 6.09 Å². The quantitative estimate of drug-likeness (QED) is 0.875. The lowest BCUT2D eigenvalue weighted by molar-refractivity contribution is 0.215. The highest BCUT2D eigenvalue weighted by Crippen LogP contribution is 2.15. The van der Waals surface area contributed by atoms with Gasteiger partial charge in [0.2, 0.25) is 0 Å². The highest BCUT2D eigenvalue weighted by molar-refractivity contribution is 5.86. The third-order valence-corrected chi connectivity index (χ3v) is 2.36. The number of hydrogen-bond acceptors (Lipinski definition) is 2. The van der Waals surface area contributed by atoms with Crippen molar-refractivity contribution < 1.29 is 13.9 Å². The fourth-order valence-electron chi connectivity index (χ4n) is 1.46. The first kappa shape index (κ1) is 12.1. The van der Waals surface area contributed by atoms with Crippen LogP contribution in [0, 0.1) is 12.7 Å². The minimum atomic E-state index is -0.604. The number of aryl methyl sites for hydroxylation is 1. The van der Waals surface area contributed by atoms with E-state index in [2.05, 4.69) is 5.32 Å². The van der Waals surface area contributed by atoms with Crippen LogP contribution in [0.5, 0.6) is 5.75 Å². The van der Waals surface area contributed by atoms with Crippen molar-refractivity contribution in [3.05, 3.63) is 59.9 Å². The Morgan fingerprint density at radius 1 is 1.17 bits per heavy atom. The van der Waals surface area contributed by atoms with Crippen LogP contribution < -0.4 is 10.1 Å². The summed E-state index contributed by atoms with van der Waals surface area (Å²) in [4.78, 5) is 11.6. The molecule has 0 bridgehead atoms. The average Bonchev–Trinajstić information content (AvgIpc) is 2.35. The molecule has 0 aromatic heterocycles. The van der Waals surface area contributed by atoms with Gasteiger partial charge in [0, 0.05) is 5.69 Å². The van der Waals surface area contributed by atoms with Gasteiger partial charge in [-0.15, -0.1) is 0 Å². The van der Waals surface area contributed by atoms with Crippen LogP contribution in [-0.2, 0) is 0 Å². The molecule has 0 saturated carbocycles. The van der Waals surface area contributed by atoms with Crippen LogP contribution in [0.3, 0.4) is 0 Å². The van der Waals surface area contributed by atoms with Gasteiger partial charge in [-0.25, -0.2) is 9.18 Å². The van der Waals surface area contributed by atoms with Gasteiger partial charge in [0.15, 0.2) is 0 Å². The largest absolute Gasteiger partial charge is 0.417 e. The molecule has 0 atom stereocenters. The Kier molecular flexibility index (Phi) is 3.57. The molecule has 0 aliphatic rings. The van der Waals surface area contributed by atoms with Crippen molar-refractivity contribution in [1.29, 1.82) is 0 Å². The summed E-state index contributed by atoms with van der Waals surface area (Å²) in [7, 11) is 0.